The summed E-state index contributed by atoms with van der Waals surface area (Å²) in [5.41, 5.74) is 2.24. The Morgan fingerprint density at radius 2 is 2.04 bits per heavy atom. The highest BCUT2D eigenvalue weighted by molar-refractivity contribution is 7.91. The van der Waals surface area contributed by atoms with Crippen molar-refractivity contribution in [1.29, 1.82) is 0 Å². The summed E-state index contributed by atoms with van der Waals surface area (Å²) >= 11 is 1.35. The standard InChI is InChI=1S/C18H23NO3S2/c1-13-11-15(7-8-17(13)22-3)12-16-5-4-10-19(16)24(20,21)18-9-6-14(2)23-18/h6-9,11,16H,4-5,10,12H2,1-3H3. The number of hydrogen-bond donors (Lipinski definition) is 0. The lowest BCUT2D eigenvalue weighted by atomic mass is 10.0. The van der Waals surface area contributed by atoms with Crippen LogP contribution in [0.5, 0.6) is 5.75 Å². The third-order valence-electron chi connectivity index (χ3n) is 4.53. The van der Waals surface area contributed by atoms with Crippen molar-refractivity contribution in [2.75, 3.05) is 13.7 Å². The van der Waals surface area contributed by atoms with Crippen LogP contribution >= 0.6 is 11.3 Å². The Bertz CT molecular complexity index is 827. The van der Waals surface area contributed by atoms with Gasteiger partial charge >= 0.3 is 0 Å². The highest BCUT2D eigenvalue weighted by Crippen LogP contribution is 2.32. The zero-order chi connectivity index (χ0) is 17.3. The van der Waals surface area contributed by atoms with Gasteiger partial charge < -0.3 is 4.74 Å². The van der Waals surface area contributed by atoms with Crippen LogP contribution in [0.4, 0.5) is 0 Å². The number of benzene rings is 1. The van der Waals surface area contributed by atoms with Gasteiger partial charge in [-0.05, 0) is 62.4 Å². The lowest BCUT2D eigenvalue weighted by Crippen LogP contribution is -2.36. The Morgan fingerprint density at radius 1 is 1.25 bits per heavy atom. The normalized spacial score (nSPS) is 18.9. The van der Waals surface area contributed by atoms with Crippen molar-refractivity contribution in [3.63, 3.8) is 0 Å². The molecule has 130 valence electrons. The molecule has 1 atom stereocenters. The van der Waals surface area contributed by atoms with Crippen molar-refractivity contribution in [2.24, 2.45) is 0 Å². The summed E-state index contributed by atoms with van der Waals surface area (Å²) in [5.74, 6) is 0.865. The second-order valence-electron chi connectivity index (χ2n) is 6.28. The monoisotopic (exact) mass is 365 g/mol. The molecular formula is C18H23NO3S2. The summed E-state index contributed by atoms with van der Waals surface area (Å²) in [4.78, 5) is 1.02. The van der Waals surface area contributed by atoms with Gasteiger partial charge in [0.2, 0.25) is 0 Å². The van der Waals surface area contributed by atoms with Crippen LogP contribution in [0.25, 0.3) is 0 Å². The van der Waals surface area contributed by atoms with Gasteiger partial charge in [-0.15, -0.1) is 11.3 Å². The van der Waals surface area contributed by atoms with Gasteiger partial charge in [-0.2, -0.15) is 4.31 Å². The number of hydrogen-bond acceptors (Lipinski definition) is 4. The molecule has 0 radical (unpaired) electrons. The number of aryl methyl sites for hydroxylation is 2. The SMILES string of the molecule is COc1ccc(CC2CCCN2S(=O)(=O)c2ccc(C)s2)cc1C. The predicted octanol–water partition coefficient (Wildman–Crippen LogP) is 3.77. The quantitative estimate of drug-likeness (QED) is 0.810. The molecule has 1 unspecified atom stereocenters. The third kappa shape index (κ3) is 3.36. The molecule has 0 aliphatic carbocycles. The molecule has 4 nitrogen and oxygen atoms in total. The zero-order valence-corrected chi connectivity index (χ0v) is 15.9. The number of rotatable bonds is 5. The molecule has 0 spiro atoms. The van der Waals surface area contributed by atoms with Crippen molar-refractivity contribution < 1.29 is 13.2 Å². The van der Waals surface area contributed by atoms with E-state index < -0.39 is 10.0 Å². The van der Waals surface area contributed by atoms with Crippen LogP contribution in [-0.2, 0) is 16.4 Å². The third-order valence-corrected chi connectivity index (χ3v) is 7.95. The van der Waals surface area contributed by atoms with Gasteiger partial charge in [0.1, 0.15) is 9.96 Å². The van der Waals surface area contributed by atoms with Crippen molar-refractivity contribution in [2.45, 2.75) is 43.4 Å². The second kappa shape index (κ2) is 6.86. The maximum atomic E-state index is 12.9. The van der Waals surface area contributed by atoms with Crippen molar-refractivity contribution >= 4 is 21.4 Å². The van der Waals surface area contributed by atoms with E-state index in [2.05, 4.69) is 6.07 Å². The summed E-state index contributed by atoms with van der Waals surface area (Å²) in [6, 6.07) is 9.71. The van der Waals surface area contributed by atoms with E-state index in [0.29, 0.717) is 10.8 Å². The van der Waals surface area contributed by atoms with Crippen LogP contribution in [0, 0.1) is 13.8 Å². The van der Waals surface area contributed by atoms with E-state index in [1.54, 1.807) is 17.5 Å². The van der Waals surface area contributed by atoms with E-state index in [4.69, 9.17) is 4.74 Å². The lowest BCUT2D eigenvalue weighted by molar-refractivity contribution is 0.386. The first-order valence-corrected chi connectivity index (χ1v) is 10.4. The van der Waals surface area contributed by atoms with Crippen LogP contribution in [0.2, 0.25) is 0 Å². The van der Waals surface area contributed by atoms with Gasteiger partial charge in [-0.25, -0.2) is 8.42 Å². The minimum Gasteiger partial charge on any atom is -0.496 e. The summed E-state index contributed by atoms with van der Waals surface area (Å²) in [6.07, 6.45) is 2.58. The molecule has 6 heteroatoms. The molecule has 24 heavy (non-hydrogen) atoms. The molecule has 2 aromatic rings. The Kier molecular flexibility index (Phi) is 4.99. The molecule has 1 fully saturated rings. The second-order valence-corrected chi connectivity index (χ2v) is 9.69. The first-order chi connectivity index (χ1) is 11.4. The Balaban J connectivity index is 1.82. The molecular weight excluding hydrogens is 342 g/mol. The van der Waals surface area contributed by atoms with E-state index in [1.807, 2.05) is 32.0 Å². The molecule has 0 amide bonds. The predicted molar refractivity (Wildman–Crippen MR) is 97.4 cm³/mol. The Labute approximate surface area is 148 Å². The molecule has 1 saturated heterocycles. The highest BCUT2D eigenvalue weighted by atomic mass is 32.2. The van der Waals surface area contributed by atoms with Gasteiger partial charge in [-0.1, -0.05) is 12.1 Å². The number of nitrogens with zero attached hydrogens (tertiary/aromatic N) is 1. The van der Waals surface area contributed by atoms with Crippen molar-refractivity contribution in [3.05, 3.63) is 46.3 Å². The Morgan fingerprint density at radius 3 is 2.67 bits per heavy atom. The molecule has 1 aliphatic heterocycles. The van der Waals surface area contributed by atoms with E-state index in [1.165, 1.54) is 11.3 Å². The number of sulfonamides is 1. The molecule has 0 saturated carbocycles. The van der Waals surface area contributed by atoms with Crippen LogP contribution < -0.4 is 4.74 Å². The topological polar surface area (TPSA) is 46.6 Å². The minimum absolute atomic E-state index is 0.0326. The zero-order valence-electron chi connectivity index (χ0n) is 14.3. The molecule has 1 aromatic carbocycles. The fourth-order valence-corrected chi connectivity index (χ4v) is 6.44. The summed E-state index contributed by atoms with van der Waals surface area (Å²) < 4.78 is 33.3. The minimum atomic E-state index is -3.38. The fraction of sp³-hybridized carbons (Fsp3) is 0.444. The van der Waals surface area contributed by atoms with Gasteiger partial charge in [0.05, 0.1) is 7.11 Å². The van der Waals surface area contributed by atoms with E-state index in [9.17, 15) is 8.42 Å². The van der Waals surface area contributed by atoms with Crippen LogP contribution in [-0.4, -0.2) is 32.4 Å². The van der Waals surface area contributed by atoms with Gasteiger partial charge in [0, 0.05) is 17.5 Å². The lowest BCUT2D eigenvalue weighted by Gasteiger charge is -2.23. The summed E-state index contributed by atoms with van der Waals surface area (Å²) in [5, 5.41) is 0. The number of ether oxygens (including phenoxy) is 1. The number of methoxy groups -OCH3 is 1. The molecule has 1 aromatic heterocycles. The Hall–Kier alpha value is -1.37. The highest BCUT2D eigenvalue weighted by Gasteiger charge is 2.36. The van der Waals surface area contributed by atoms with Crippen LogP contribution in [0.1, 0.15) is 28.8 Å². The largest absolute Gasteiger partial charge is 0.496 e. The average molecular weight is 366 g/mol. The van der Waals surface area contributed by atoms with Crippen LogP contribution in [0.3, 0.4) is 0 Å². The van der Waals surface area contributed by atoms with Gasteiger partial charge in [0.15, 0.2) is 0 Å². The van der Waals surface area contributed by atoms with Gasteiger partial charge in [-0.3, -0.25) is 0 Å². The van der Waals surface area contributed by atoms with E-state index in [0.717, 1.165) is 41.0 Å². The number of thiophene rings is 1. The van der Waals surface area contributed by atoms with Crippen LogP contribution in [0.15, 0.2) is 34.5 Å². The maximum absolute atomic E-state index is 12.9. The first kappa shape index (κ1) is 17.5. The fourth-order valence-electron chi connectivity index (χ4n) is 3.34. The first-order valence-electron chi connectivity index (χ1n) is 8.13. The van der Waals surface area contributed by atoms with Gasteiger partial charge in [0.25, 0.3) is 10.0 Å². The van der Waals surface area contributed by atoms with Crippen molar-refractivity contribution in [1.82, 2.24) is 4.31 Å². The van der Waals surface area contributed by atoms with E-state index in [-0.39, 0.29) is 6.04 Å². The summed E-state index contributed by atoms with van der Waals surface area (Å²) in [6.45, 7) is 4.56. The maximum Gasteiger partial charge on any atom is 0.252 e. The molecule has 0 N–H and O–H groups in total. The summed E-state index contributed by atoms with van der Waals surface area (Å²) in [7, 11) is -1.72. The molecule has 0 bridgehead atoms. The van der Waals surface area contributed by atoms with Crippen molar-refractivity contribution in [3.8, 4) is 5.75 Å². The molecule has 1 aliphatic rings. The average Bonchev–Trinajstić information content (AvgIpc) is 3.17. The van der Waals surface area contributed by atoms with E-state index >= 15 is 0 Å². The molecule has 3 rings (SSSR count). The molecule has 2 heterocycles. The smallest absolute Gasteiger partial charge is 0.252 e.